The van der Waals surface area contributed by atoms with Crippen LogP contribution in [0.1, 0.15) is 43.7 Å². The average molecular weight is 286 g/mol. The molecule has 0 N–H and O–H groups in total. The van der Waals surface area contributed by atoms with E-state index in [1.807, 2.05) is 35.0 Å². The highest BCUT2D eigenvalue weighted by atomic mass is 35.5. The average Bonchev–Trinajstić information content (AvgIpc) is 2.86. The third kappa shape index (κ3) is 2.32. The van der Waals surface area contributed by atoms with Crippen molar-refractivity contribution in [3.63, 3.8) is 0 Å². The van der Waals surface area contributed by atoms with E-state index in [-0.39, 0.29) is 0 Å². The molecule has 1 aromatic heterocycles. The van der Waals surface area contributed by atoms with E-state index in [1.54, 1.807) is 0 Å². The second kappa shape index (κ2) is 5.68. The second-order valence-electron chi connectivity index (χ2n) is 5.23. The number of rotatable bonds is 2. The molecule has 0 spiro atoms. The van der Waals surface area contributed by atoms with Crippen molar-refractivity contribution >= 4 is 11.6 Å². The van der Waals surface area contributed by atoms with Crippen molar-refractivity contribution in [3.05, 3.63) is 41.0 Å². The number of hydrogen-bond donors (Lipinski definition) is 0. The molecule has 0 saturated heterocycles. The van der Waals surface area contributed by atoms with Gasteiger partial charge in [0.05, 0.1) is 6.04 Å². The fraction of sp³-hybridized carbons (Fsp3) is 0.375. The van der Waals surface area contributed by atoms with Crippen LogP contribution in [0.15, 0.2) is 30.3 Å². The van der Waals surface area contributed by atoms with Gasteiger partial charge in [0.1, 0.15) is 22.5 Å². The molecule has 3 rings (SSSR count). The first kappa shape index (κ1) is 13.2. The van der Waals surface area contributed by atoms with Crippen molar-refractivity contribution in [2.24, 2.45) is 0 Å². The van der Waals surface area contributed by atoms with Gasteiger partial charge in [-0.25, -0.2) is 4.68 Å². The quantitative estimate of drug-likeness (QED) is 0.810. The lowest BCUT2D eigenvalue weighted by atomic mass is 9.96. The van der Waals surface area contributed by atoms with Gasteiger partial charge in [0.25, 0.3) is 0 Å². The van der Waals surface area contributed by atoms with Crippen molar-refractivity contribution in [2.45, 2.75) is 38.1 Å². The Morgan fingerprint density at radius 2 is 1.85 bits per heavy atom. The Morgan fingerprint density at radius 1 is 1.15 bits per heavy atom. The molecule has 0 radical (unpaired) electrons. The number of nitrogens with zero attached hydrogens (tertiary/aromatic N) is 3. The summed E-state index contributed by atoms with van der Waals surface area (Å²) in [5.74, 6) is 0. The maximum Gasteiger partial charge on any atom is 0.145 e. The van der Waals surface area contributed by atoms with E-state index in [0.717, 1.165) is 18.4 Å². The van der Waals surface area contributed by atoms with Gasteiger partial charge in [0, 0.05) is 5.56 Å². The Labute approximate surface area is 123 Å². The van der Waals surface area contributed by atoms with Crippen LogP contribution in [0, 0.1) is 11.3 Å². The summed E-state index contributed by atoms with van der Waals surface area (Å²) in [4.78, 5) is 0. The third-order valence-corrected chi connectivity index (χ3v) is 4.29. The van der Waals surface area contributed by atoms with Gasteiger partial charge in [-0.2, -0.15) is 10.4 Å². The molecular weight excluding hydrogens is 270 g/mol. The molecule has 4 heteroatoms. The van der Waals surface area contributed by atoms with Crippen LogP contribution in [0.4, 0.5) is 0 Å². The van der Waals surface area contributed by atoms with Crippen LogP contribution >= 0.6 is 11.6 Å². The van der Waals surface area contributed by atoms with E-state index in [0.29, 0.717) is 22.5 Å². The summed E-state index contributed by atoms with van der Waals surface area (Å²) in [5.41, 5.74) is 2.13. The molecule has 0 unspecified atom stereocenters. The molecule has 0 atom stereocenters. The lowest BCUT2D eigenvalue weighted by Gasteiger charge is -2.22. The summed E-state index contributed by atoms with van der Waals surface area (Å²) in [5, 5.41) is 14.5. The van der Waals surface area contributed by atoms with Gasteiger partial charge in [-0.15, -0.1) is 0 Å². The van der Waals surface area contributed by atoms with E-state index in [2.05, 4.69) is 11.2 Å². The zero-order valence-corrected chi connectivity index (χ0v) is 12.0. The summed E-state index contributed by atoms with van der Waals surface area (Å²) < 4.78 is 1.86. The van der Waals surface area contributed by atoms with Crippen molar-refractivity contribution in [2.75, 3.05) is 0 Å². The summed E-state index contributed by atoms with van der Waals surface area (Å²) in [7, 11) is 0. The van der Waals surface area contributed by atoms with Gasteiger partial charge >= 0.3 is 0 Å². The molecule has 2 aromatic rings. The van der Waals surface area contributed by atoms with Crippen LogP contribution < -0.4 is 0 Å². The molecular formula is C16H16ClN3. The molecule has 1 aliphatic carbocycles. The topological polar surface area (TPSA) is 41.6 Å². The largest absolute Gasteiger partial charge is 0.249 e. The zero-order valence-electron chi connectivity index (χ0n) is 11.2. The Hall–Kier alpha value is -1.79. The molecule has 0 amide bonds. The van der Waals surface area contributed by atoms with Crippen molar-refractivity contribution in [3.8, 4) is 17.3 Å². The van der Waals surface area contributed by atoms with Crippen molar-refractivity contribution < 1.29 is 0 Å². The van der Waals surface area contributed by atoms with Gasteiger partial charge in [0.15, 0.2) is 0 Å². The number of halogens is 1. The Balaban J connectivity index is 2.06. The van der Waals surface area contributed by atoms with Gasteiger partial charge in [-0.3, -0.25) is 0 Å². The smallest absolute Gasteiger partial charge is 0.145 e. The summed E-state index contributed by atoms with van der Waals surface area (Å²) in [6.45, 7) is 0. The lowest BCUT2D eigenvalue weighted by Crippen LogP contribution is -2.14. The summed E-state index contributed by atoms with van der Waals surface area (Å²) in [6, 6.07) is 12.3. The van der Waals surface area contributed by atoms with Gasteiger partial charge in [-0.05, 0) is 12.8 Å². The highest BCUT2D eigenvalue weighted by Gasteiger charge is 2.24. The van der Waals surface area contributed by atoms with Crippen LogP contribution in [0.2, 0.25) is 5.15 Å². The molecule has 102 valence electrons. The monoisotopic (exact) mass is 285 g/mol. The minimum absolute atomic E-state index is 0.334. The molecule has 3 nitrogen and oxygen atoms in total. The molecule has 1 aliphatic rings. The summed E-state index contributed by atoms with van der Waals surface area (Å²) in [6.07, 6.45) is 5.90. The van der Waals surface area contributed by atoms with E-state index < -0.39 is 0 Å². The highest BCUT2D eigenvalue weighted by Crippen LogP contribution is 2.35. The Bertz CT molecular complexity index is 634. The number of hydrogen-bond acceptors (Lipinski definition) is 2. The highest BCUT2D eigenvalue weighted by molar-refractivity contribution is 6.31. The number of benzene rings is 1. The van der Waals surface area contributed by atoms with Crippen LogP contribution in [0.3, 0.4) is 0 Å². The molecule has 0 bridgehead atoms. The fourth-order valence-corrected chi connectivity index (χ4v) is 3.19. The molecule has 1 aromatic carbocycles. The Morgan fingerprint density at radius 3 is 2.50 bits per heavy atom. The van der Waals surface area contributed by atoms with Gasteiger partial charge < -0.3 is 0 Å². The maximum absolute atomic E-state index is 9.38. The second-order valence-corrected chi connectivity index (χ2v) is 5.59. The first-order chi connectivity index (χ1) is 9.81. The van der Waals surface area contributed by atoms with Crippen LogP contribution in [-0.4, -0.2) is 9.78 Å². The molecule has 1 saturated carbocycles. The van der Waals surface area contributed by atoms with Crippen molar-refractivity contribution in [1.82, 2.24) is 9.78 Å². The maximum atomic E-state index is 9.38. The first-order valence-electron chi connectivity index (χ1n) is 7.05. The first-order valence-corrected chi connectivity index (χ1v) is 7.42. The van der Waals surface area contributed by atoms with Gasteiger partial charge in [0.2, 0.25) is 0 Å². The third-order valence-electron chi connectivity index (χ3n) is 3.93. The number of aromatic nitrogens is 2. The fourth-order valence-electron chi connectivity index (χ4n) is 2.88. The van der Waals surface area contributed by atoms with Crippen LogP contribution in [0.5, 0.6) is 0 Å². The molecule has 1 heterocycles. The standard InChI is InChI=1S/C16H16ClN3/c17-16-14(11-18)15(12-7-3-1-4-8-12)19-20(16)13-9-5-2-6-10-13/h1,3-4,7-8,13H,2,5-6,9-10H2. The summed E-state index contributed by atoms with van der Waals surface area (Å²) >= 11 is 6.39. The molecule has 0 aliphatic heterocycles. The van der Waals surface area contributed by atoms with Crippen molar-refractivity contribution in [1.29, 1.82) is 5.26 Å². The lowest BCUT2D eigenvalue weighted by molar-refractivity contribution is 0.330. The van der Waals surface area contributed by atoms with E-state index in [4.69, 9.17) is 11.6 Å². The van der Waals surface area contributed by atoms with E-state index in [1.165, 1.54) is 19.3 Å². The van der Waals surface area contributed by atoms with E-state index in [9.17, 15) is 5.26 Å². The molecule has 20 heavy (non-hydrogen) atoms. The minimum Gasteiger partial charge on any atom is -0.249 e. The van der Waals surface area contributed by atoms with Crippen LogP contribution in [-0.2, 0) is 0 Å². The SMILES string of the molecule is N#Cc1c(-c2ccccc2)nn(C2CCCCC2)c1Cl. The van der Waals surface area contributed by atoms with Gasteiger partial charge in [-0.1, -0.05) is 61.2 Å². The predicted molar refractivity (Wildman–Crippen MR) is 79.5 cm³/mol. The number of nitriles is 1. The predicted octanol–water partition coefficient (Wildman–Crippen LogP) is 4.58. The van der Waals surface area contributed by atoms with E-state index >= 15 is 0 Å². The van der Waals surface area contributed by atoms with Crippen LogP contribution in [0.25, 0.3) is 11.3 Å². The molecule has 1 fully saturated rings. The normalized spacial score (nSPS) is 16.0. The Kier molecular flexibility index (Phi) is 3.75. The zero-order chi connectivity index (χ0) is 13.9. The minimum atomic E-state index is 0.334.